The summed E-state index contributed by atoms with van der Waals surface area (Å²) in [5, 5.41) is 11.4. The molecule has 1 aliphatic heterocycles. The predicted octanol–water partition coefficient (Wildman–Crippen LogP) is 5.81. The molecule has 0 saturated carbocycles. The van der Waals surface area contributed by atoms with Crippen LogP contribution in [0.5, 0.6) is 0 Å². The third kappa shape index (κ3) is 7.20. The number of rotatable bonds is 11. The summed E-state index contributed by atoms with van der Waals surface area (Å²) in [4.78, 5) is 6.11. The van der Waals surface area contributed by atoms with Gasteiger partial charge in [0.2, 0.25) is 11.7 Å². The first-order valence-electron chi connectivity index (χ1n) is 11.9. The number of unbranched alkanes of at least 4 members (excludes halogenated alkanes) is 6. The maximum absolute atomic E-state index is 13.7. The zero-order valence-electron chi connectivity index (χ0n) is 19.3. The van der Waals surface area contributed by atoms with Gasteiger partial charge in [-0.05, 0) is 36.8 Å². The molecule has 1 aromatic carbocycles. The van der Waals surface area contributed by atoms with Crippen molar-refractivity contribution < 1.29 is 17.7 Å². The molecule has 0 radical (unpaired) electrons. The first-order chi connectivity index (χ1) is 15.8. The Hall–Kier alpha value is -2.58. The van der Waals surface area contributed by atoms with Gasteiger partial charge in [-0.25, -0.2) is 0 Å². The van der Waals surface area contributed by atoms with Crippen molar-refractivity contribution in [3.8, 4) is 11.4 Å². The highest BCUT2D eigenvalue weighted by atomic mass is 19.4. The van der Waals surface area contributed by atoms with E-state index in [1.807, 2.05) is 0 Å². The lowest BCUT2D eigenvalue weighted by molar-refractivity contribution is -0.138. The first-order valence-corrected chi connectivity index (χ1v) is 11.9. The van der Waals surface area contributed by atoms with Gasteiger partial charge in [0.15, 0.2) is 5.96 Å². The van der Waals surface area contributed by atoms with E-state index >= 15 is 0 Å². The molecule has 3 N–H and O–H groups in total. The van der Waals surface area contributed by atoms with Gasteiger partial charge in [-0.2, -0.15) is 18.2 Å². The van der Waals surface area contributed by atoms with Crippen LogP contribution in [-0.4, -0.2) is 34.1 Å². The minimum Gasteiger partial charge on any atom is -0.370 e. The molecule has 2 heterocycles. The van der Waals surface area contributed by atoms with Crippen LogP contribution in [0.4, 0.5) is 13.2 Å². The summed E-state index contributed by atoms with van der Waals surface area (Å²) in [5.74, 6) is 0.817. The molecule has 0 unspecified atom stereocenters. The average molecular weight is 466 g/mol. The Labute approximate surface area is 193 Å². The Balaban J connectivity index is 1.62. The van der Waals surface area contributed by atoms with E-state index in [9.17, 15) is 13.2 Å². The maximum Gasteiger partial charge on any atom is 0.416 e. The number of alkyl halides is 3. The number of hydrogen-bond donors (Lipinski definition) is 2. The van der Waals surface area contributed by atoms with E-state index in [4.69, 9.17) is 15.7 Å². The lowest BCUT2D eigenvalue weighted by Gasteiger charge is -2.14. The highest BCUT2D eigenvalue weighted by Crippen LogP contribution is 2.35. The maximum atomic E-state index is 13.7. The second-order valence-corrected chi connectivity index (χ2v) is 8.94. The fourth-order valence-corrected chi connectivity index (χ4v) is 4.39. The molecule has 0 bridgehead atoms. The Morgan fingerprint density at radius 3 is 2.58 bits per heavy atom. The van der Waals surface area contributed by atoms with Crippen LogP contribution in [0.3, 0.4) is 0 Å². The Bertz CT molecular complexity index is 912. The molecule has 1 aromatic heterocycles. The molecule has 6 nitrogen and oxygen atoms in total. The van der Waals surface area contributed by atoms with Gasteiger partial charge in [0, 0.05) is 25.1 Å². The molecule has 9 heteroatoms. The molecule has 0 aliphatic carbocycles. The highest BCUT2D eigenvalue weighted by Gasteiger charge is 2.34. The third-order valence-electron chi connectivity index (χ3n) is 6.28. The number of nitrogens with one attached hydrogen (secondary N) is 1. The second kappa shape index (κ2) is 11.5. The molecule has 1 aliphatic rings. The monoisotopic (exact) mass is 465 g/mol. The minimum absolute atomic E-state index is 0.0416. The van der Waals surface area contributed by atoms with E-state index in [0.717, 1.165) is 38.2 Å². The van der Waals surface area contributed by atoms with E-state index < -0.39 is 11.7 Å². The van der Waals surface area contributed by atoms with Crippen LogP contribution in [0.2, 0.25) is 0 Å². The van der Waals surface area contributed by atoms with E-state index in [2.05, 4.69) is 17.1 Å². The number of nitrogens with zero attached hydrogens (tertiary/aromatic N) is 3. The topological polar surface area (TPSA) is 92.0 Å². The van der Waals surface area contributed by atoms with Gasteiger partial charge >= 0.3 is 6.18 Å². The van der Waals surface area contributed by atoms with Crippen molar-refractivity contribution in [1.29, 1.82) is 5.41 Å². The molecule has 1 fully saturated rings. The quantitative estimate of drug-likeness (QED) is 0.248. The zero-order valence-corrected chi connectivity index (χ0v) is 19.3. The standard InChI is InChI=1S/C24H34F3N5O/c1-2-3-4-5-6-7-8-9-18-10-11-19(15-20(18)24(25,26)27)22-30-21(33-31-22)14-17-12-13-32(16-17)23(28)29/h10-11,15,17H,2-9,12-14,16H2,1H3,(H3,28,29)/t17-/m0/s1. The van der Waals surface area contributed by atoms with Crippen molar-refractivity contribution in [3.63, 3.8) is 0 Å². The van der Waals surface area contributed by atoms with Crippen LogP contribution in [0.15, 0.2) is 22.7 Å². The van der Waals surface area contributed by atoms with Crippen molar-refractivity contribution in [2.24, 2.45) is 11.7 Å². The summed E-state index contributed by atoms with van der Waals surface area (Å²) in [6, 6.07) is 4.33. The lowest BCUT2D eigenvalue weighted by atomic mass is 9.97. The van der Waals surface area contributed by atoms with Gasteiger partial charge in [-0.3, -0.25) is 5.41 Å². The minimum atomic E-state index is -4.43. The summed E-state index contributed by atoms with van der Waals surface area (Å²) < 4.78 is 46.5. The van der Waals surface area contributed by atoms with Crippen molar-refractivity contribution >= 4 is 5.96 Å². The second-order valence-electron chi connectivity index (χ2n) is 8.94. The van der Waals surface area contributed by atoms with E-state index in [0.29, 0.717) is 42.9 Å². The van der Waals surface area contributed by atoms with Gasteiger partial charge in [-0.1, -0.05) is 62.7 Å². The fraction of sp³-hybridized carbons (Fsp3) is 0.625. The van der Waals surface area contributed by atoms with Crippen LogP contribution in [0, 0.1) is 11.3 Å². The van der Waals surface area contributed by atoms with E-state index in [1.165, 1.54) is 19.3 Å². The number of guanidine groups is 1. The number of hydrogen-bond acceptors (Lipinski definition) is 4. The molecular formula is C24H34F3N5O. The normalized spacial score (nSPS) is 16.5. The van der Waals surface area contributed by atoms with Gasteiger partial charge in [0.1, 0.15) is 0 Å². The van der Waals surface area contributed by atoms with Crippen LogP contribution < -0.4 is 5.73 Å². The van der Waals surface area contributed by atoms with Gasteiger partial charge in [-0.15, -0.1) is 0 Å². The molecule has 2 aromatic rings. The lowest BCUT2D eigenvalue weighted by Crippen LogP contribution is -2.34. The molecule has 0 spiro atoms. The fourth-order valence-electron chi connectivity index (χ4n) is 4.39. The van der Waals surface area contributed by atoms with Crippen LogP contribution in [-0.2, 0) is 19.0 Å². The molecular weight excluding hydrogens is 431 g/mol. The number of aromatic nitrogens is 2. The average Bonchev–Trinajstić information content (AvgIpc) is 3.43. The van der Waals surface area contributed by atoms with Crippen molar-refractivity contribution in [1.82, 2.24) is 15.0 Å². The van der Waals surface area contributed by atoms with Gasteiger partial charge in [0.05, 0.1) is 5.56 Å². The smallest absolute Gasteiger partial charge is 0.370 e. The summed E-state index contributed by atoms with van der Waals surface area (Å²) in [6.45, 7) is 3.51. The Morgan fingerprint density at radius 2 is 1.91 bits per heavy atom. The molecule has 182 valence electrons. The van der Waals surface area contributed by atoms with Crippen molar-refractivity contribution in [3.05, 3.63) is 35.2 Å². The predicted molar refractivity (Wildman–Crippen MR) is 122 cm³/mol. The molecule has 0 amide bonds. The Morgan fingerprint density at radius 1 is 1.18 bits per heavy atom. The molecule has 3 rings (SSSR count). The summed E-state index contributed by atoms with van der Waals surface area (Å²) in [6.07, 6.45) is 4.84. The summed E-state index contributed by atoms with van der Waals surface area (Å²) >= 11 is 0. The largest absolute Gasteiger partial charge is 0.416 e. The SMILES string of the molecule is CCCCCCCCCc1ccc(-c2noc(C[C@@H]3CCN(C(=N)N)C3)n2)cc1C(F)(F)F. The van der Waals surface area contributed by atoms with Crippen LogP contribution in [0.25, 0.3) is 11.4 Å². The number of likely N-dealkylation sites (tertiary alicyclic amines) is 1. The van der Waals surface area contributed by atoms with Gasteiger partial charge in [0.25, 0.3) is 0 Å². The summed E-state index contributed by atoms with van der Waals surface area (Å²) in [7, 11) is 0. The number of nitrogens with two attached hydrogens (primary N) is 1. The van der Waals surface area contributed by atoms with Crippen LogP contribution in [0.1, 0.15) is 75.3 Å². The molecule has 33 heavy (non-hydrogen) atoms. The number of benzene rings is 1. The Kier molecular flexibility index (Phi) is 8.74. The number of aryl methyl sites for hydroxylation is 1. The number of halogens is 3. The molecule has 1 saturated heterocycles. The van der Waals surface area contributed by atoms with Gasteiger partial charge < -0.3 is 15.2 Å². The van der Waals surface area contributed by atoms with E-state index in [-0.39, 0.29) is 17.7 Å². The summed E-state index contributed by atoms with van der Waals surface area (Å²) in [5.41, 5.74) is 5.52. The third-order valence-corrected chi connectivity index (χ3v) is 6.28. The van der Waals surface area contributed by atoms with Crippen molar-refractivity contribution in [2.75, 3.05) is 13.1 Å². The van der Waals surface area contributed by atoms with E-state index in [1.54, 1.807) is 17.0 Å². The molecule has 1 atom stereocenters. The first kappa shape index (κ1) is 25.1. The van der Waals surface area contributed by atoms with Crippen LogP contribution >= 0.6 is 0 Å². The zero-order chi connectivity index (χ0) is 23.8. The van der Waals surface area contributed by atoms with Crippen molar-refractivity contribution in [2.45, 2.75) is 77.3 Å². The highest BCUT2D eigenvalue weighted by molar-refractivity contribution is 5.74.